The molecule has 0 unspecified atom stereocenters. The predicted molar refractivity (Wildman–Crippen MR) is 77.0 cm³/mol. The first-order valence-corrected chi connectivity index (χ1v) is 6.80. The standard InChI is InChI=1S/C14H20FNO2S/c1-14(2,3)18-13(17)16-9-11-8-10(6-7-19)4-5-12(11)15/h4-5,8,19H,6-7,9H2,1-3H3,(H,16,17). The third kappa shape index (κ3) is 5.96. The molecule has 0 heterocycles. The summed E-state index contributed by atoms with van der Waals surface area (Å²) in [5, 5.41) is 2.55. The molecule has 0 aliphatic carbocycles. The average molecular weight is 285 g/mol. The van der Waals surface area contributed by atoms with Crippen molar-refractivity contribution in [1.82, 2.24) is 5.32 Å². The van der Waals surface area contributed by atoms with E-state index in [1.807, 2.05) is 0 Å². The van der Waals surface area contributed by atoms with Gasteiger partial charge in [-0.3, -0.25) is 0 Å². The number of nitrogens with one attached hydrogen (secondary N) is 1. The second kappa shape index (κ2) is 6.80. The maximum absolute atomic E-state index is 13.6. The molecule has 19 heavy (non-hydrogen) atoms. The summed E-state index contributed by atoms with van der Waals surface area (Å²) in [5.74, 6) is 0.365. The van der Waals surface area contributed by atoms with Gasteiger partial charge in [0.1, 0.15) is 11.4 Å². The highest BCUT2D eigenvalue weighted by Crippen LogP contribution is 2.12. The summed E-state index contributed by atoms with van der Waals surface area (Å²) in [7, 11) is 0. The minimum atomic E-state index is -0.559. The monoisotopic (exact) mass is 285 g/mol. The number of hydrogen-bond acceptors (Lipinski definition) is 3. The van der Waals surface area contributed by atoms with Gasteiger partial charge in [-0.25, -0.2) is 9.18 Å². The molecule has 1 N–H and O–H groups in total. The Balaban J connectivity index is 2.61. The summed E-state index contributed by atoms with van der Waals surface area (Å²) >= 11 is 4.14. The van der Waals surface area contributed by atoms with Crippen LogP contribution in [0, 0.1) is 5.82 Å². The van der Waals surface area contributed by atoms with Crippen LogP contribution in [0.5, 0.6) is 0 Å². The lowest BCUT2D eigenvalue weighted by Gasteiger charge is -2.19. The molecule has 1 aromatic rings. The van der Waals surface area contributed by atoms with E-state index < -0.39 is 11.7 Å². The van der Waals surface area contributed by atoms with Crippen LogP contribution in [0.3, 0.4) is 0 Å². The van der Waals surface area contributed by atoms with Crippen molar-refractivity contribution < 1.29 is 13.9 Å². The van der Waals surface area contributed by atoms with Crippen molar-refractivity contribution in [2.24, 2.45) is 0 Å². The number of halogens is 1. The zero-order valence-corrected chi connectivity index (χ0v) is 12.4. The summed E-state index contributed by atoms with van der Waals surface area (Å²) < 4.78 is 18.7. The molecule has 0 aromatic heterocycles. The van der Waals surface area contributed by atoms with Gasteiger partial charge >= 0.3 is 6.09 Å². The number of thiol groups is 1. The zero-order chi connectivity index (χ0) is 14.5. The Kier molecular flexibility index (Phi) is 5.66. The largest absolute Gasteiger partial charge is 0.444 e. The van der Waals surface area contributed by atoms with Crippen molar-refractivity contribution in [2.45, 2.75) is 39.3 Å². The Morgan fingerprint density at radius 1 is 1.42 bits per heavy atom. The lowest BCUT2D eigenvalue weighted by atomic mass is 10.1. The van der Waals surface area contributed by atoms with E-state index >= 15 is 0 Å². The minimum Gasteiger partial charge on any atom is -0.444 e. The SMILES string of the molecule is CC(C)(C)OC(=O)NCc1cc(CCS)ccc1F. The van der Waals surface area contributed by atoms with E-state index in [-0.39, 0.29) is 12.4 Å². The van der Waals surface area contributed by atoms with Crippen molar-refractivity contribution in [3.05, 3.63) is 35.1 Å². The minimum absolute atomic E-state index is 0.112. The molecule has 1 aromatic carbocycles. The number of aryl methyl sites for hydroxylation is 1. The van der Waals surface area contributed by atoms with E-state index in [4.69, 9.17) is 4.74 Å². The van der Waals surface area contributed by atoms with Crippen LogP contribution < -0.4 is 5.32 Å². The fourth-order valence-electron chi connectivity index (χ4n) is 1.53. The Morgan fingerprint density at radius 2 is 2.11 bits per heavy atom. The highest BCUT2D eigenvalue weighted by atomic mass is 32.1. The summed E-state index contributed by atoms with van der Waals surface area (Å²) in [6.07, 6.45) is 0.217. The number of amides is 1. The third-order valence-electron chi connectivity index (χ3n) is 2.33. The fourth-order valence-corrected chi connectivity index (χ4v) is 1.79. The molecule has 0 aliphatic rings. The lowest BCUT2D eigenvalue weighted by Crippen LogP contribution is -2.32. The maximum atomic E-state index is 13.6. The zero-order valence-electron chi connectivity index (χ0n) is 11.5. The molecule has 3 nitrogen and oxygen atoms in total. The molecular weight excluding hydrogens is 265 g/mol. The number of alkyl carbamates (subject to hydrolysis) is 1. The van der Waals surface area contributed by atoms with Gasteiger partial charge < -0.3 is 10.1 Å². The Labute approximate surface area is 118 Å². The third-order valence-corrected chi connectivity index (χ3v) is 2.56. The Morgan fingerprint density at radius 3 is 2.68 bits per heavy atom. The Hall–Kier alpha value is -1.23. The van der Waals surface area contributed by atoms with Crippen LogP contribution in [-0.4, -0.2) is 17.4 Å². The second-order valence-electron chi connectivity index (χ2n) is 5.25. The molecule has 0 saturated carbocycles. The molecule has 5 heteroatoms. The molecule has 0 radical (unpaired) electrons. The molecule has 1 rings (SSSR count). The first kappa shape index (κ1) is 15.8. The van der Waals surface area contributed by atoms with E-state index in [1.54, 1.807) is 32.9 Å². The van der Waals surface area contributed by atoms with Crippen LogP contribution in [0.2, 0.25) is 0 Å². The molecule has 106 valence electrons. The van der Waals surface area contributed by atoms with Gasteiger partial charge in [-0.05, 0) is 44.6 Å². The van der Waals surface area contributed by atoms with Gasteiger partial charge in [0.05, 0.1) is 0 Å². The number of benzene rings is 1. The summed E-state index contributed by atoms with van der Waals surface area (Å²) in [4.78, 5) is 11.5. The van der Waals surface area contributed by atoms with Gasteiger partial charge in [0, 0.05) is 12.1 Å². The maximum Gasteiger partial charge on any atom is 0.407 e. The van der Waals surface area contributed by atoms with Crippen LogP contribution in [0.1, 0.15) is 31.9 Å². The summed E-state index contributed by atoms with van der Waals surface area (Å²) in [5.41, 5.74) is 0.888. The van der Waals surface area contributed by atoms with Gasteiger partial charge in [0.2, 0.25) is 0 Å². The van der Waals surface area contributed by atoms with Crippen molar-refractivity contribution >= 4 is 18.7 Å². The summed E-state index contributed by atoms with van der Waals surface area (Å²) in [6.45, 7) is 5.45. The molecule has 0 fully saturated rings. The van der Waals surface area contributed by atoms with E-state index in [0.717, 1.165) is 12.0 Å². The molecular formula is C14H20FNO2S. The second-order valence-corrected chi connectivity index (χ2v) is 5.70. The molecule has 0 atom stereocenters. The van der Waals surface area contributed by atoms with Gasteiger partial charge in [-0.15, -0.1) is 0 Å². The first-order chi connectivity index (χ1) is 8.81. The van der Waals surface area contributed by atoms with E-state index in [1.165, 1.54) is 6.07 Å². The molecule has 0 saturated heterocycles. The molecule has 0 spiro atoms. The van der Waals surface area contributed by atoms with Crippen LogP contribution in [0.4, 0.5) is 9.18 Å². The number of carbonyl (C=O) groups excluding carboxylic acids is 1. The average Bonchev–Trinajstić information content (AvgIpc) is 2.28. The van der Waals surface area contributed by atoms with Crippen LogP contribution in [-0.2, 0) is 17.7 Å². The number of hydrogen-bond donors (Lipinski definition) is 2. The van der Waals surface area contributed by atoms with E-state index in [2.05, 4.69) is 17.9 Å². The number of rotatable bonds is 4. The van der Waals surface area contributed by atoms with E-state index in [0.29, 0.717) is 11.3 Å². The highest BCUT2D eigenvalue weighted by Gasteiger charge is 2.16. The van der Waals surface area contributed by atoms with Gasteiger partial charge in [0.15, 0.2) is 0 Å². The first-order valence-electron chi connectivity index (χ1n) is 6.17. The van der Waals surface area contributed by atoms with Crippen LogP contribution in [0.15, 0.2) is 18.2 Å². The van der Waals surface area contributed by atoms with Crippen molar-refractivity contribution in [3.8, 4) is 0 Å². The number of carbonyl (C=O) groups is 1. The van der Waals surface area contributed by atoms with Crippen LogP contribution >= 0.6 is 12.6 Å². The van der Waals surface area contributed by atoms with Crippen molar-refractivity contribution in [1.29, 1.82) is 0 Å². The molecule has 0 bridgehead atoms. The van der Waals surface area contributed by atoms with Gasteiger partial charge in [0.25, 0.3) is 0 Å². The van der Waals surface area contributed by atoms with Gasteiger partial charge in [-0.2, -0.15) is 12.6 Å². The fraction of sp³-hybridized carbons (Fsp3) is 0.500. The quantitative estimate of drug-likeness (QED) is 0.833. The predicted octanol–water partition coefficient (Wildman–Crippen LogP) is 3.32. The van der Waals surface area contributed by atoms with Crippen LogP contribution in [0.25, 0.3) is 0 Å². The molecule has 0 aliphatic heterocycles. The normalized spacial score (nSPS) is 11.2. The molecule has 1 amide bonds. The summed E-state index contributed by atoms with van der Waals surface area (Å²) in [6, 6.07) is 4.87. The smallest absolute Gasteiger partial charge is 0.407 e. The lowest BCUT2D eigenvalue weighted by molar-refractivity contribution is 0.0523. The van der Waals surface area contributed by atoms with E-state index in [9.17, 15) is 9.18 Å². The highest BCUT2D eigenvalue weighted by molar-refractivity contribution is 7.80. The van der Waals surface area contributed by atoms with Crippen molar-refractivity contribution in [3.63, 3.8) is 0 Å². The van der Waals surface area contributed by atoms with Crippen molar-refractivity contribution in [2.75, 3.05) is 5.75 Å². The topological polar surface area (TPSA) is 38.3 Å². The number of ether oxygens (including phenoxy) is 1. The Bertz CT molecular complexity index is 444. The van der Waals surface area contributed by atoms with Gasteiger partial charge in [-0.1, -0.05) is 12.1 Å².